The molecule has 26 heavy (non-hydrogen) atoms. The third kappa shape index (κ3) is 3.04. The summed E-state index contributed by atoms with van der Waals surface area (Å²) in [6.07, 6.45) is 0. The first-order valence-electron chi connectivity index (χ1n) is 8.85. The summed E-state index contributed by atoms with van der Waals surface area (Å²) in [7, 11) is 1.61. The number of fused-ring (bicyclic) bond motifs is 3. The Bertz CT molecular complexity index is 946. The minimum absolute atomic E-state index is 0.145. The Hall–Kier alpha value is -2.86. The maximum atomic E-state index is 12.4. The van der Waals surface area contributed by atoms with Crippen LogP contribution in [0.2, 0.25) is 0 Å². The number of aromatic nitrogens is 2. The van der Waals surface area contributed by atoms with Gasteiger partial charge in [0.2, 0.25) is 0 Å². The van der Waals surface area contributed by atoms with Gasteiger partial charge in [-0.3, -0.25) is 9.69 Å². The molecule has 0 aliphatic carbocycles. The van der Waals surface area contributed by atoms with Crippen molar-refractivity contribution in [3.63, 3.8) is 0 Å². The van der Waals surface area contributed by atoms with E-state index < -0.39 is 0 Å². The highest BCUT2D eigenvalue weighted by atomic mass is 16.5. The predicted octanol–water partition coefficient (Wildman–Crippen LogP) is 3.13. The van der Waals surface area contributed by atoms with E-state index in [0.717, 1.165) is 54.5 Å². The lowest BCUT2D eigenvalue weighted by Gasteiger charge is -2.26. The molecule has 3 aromatic rings. The first-order valence-corrected chi connectivity index (χ1v) is 8.85. The second-order valence-electron chi connectivity index (χ2n) is 6.43. The summed E-state index contributed by atoms with van der Waals surface area (Å²) in [6, 6.07) is 13.0. The van der Waals surface area contributed by atoms with E-state index in [1.54, 1.807) is 31.4 Å². The van der Waals surface area contributed by atoms with Gasteiger partial charge in [0.05, 0.1) is 24.7 Å². The highest BCUT2D eigenvalue weighted by molar-refractivity contribution is 6.05. The lowest BCUT2D eigenvalue weighted by Crippen LogP contribution is -2.33. The van der Waals surface area contributed by atoms with Gasteiger partial charge in [0.25, 0.3) is 5.91 Å². The van der Waals surface area contributed by atoms with E-state index in [0.29, 0.717) is 5.56 Å². The van der Waals surface area contributed by atoms with Gasteiger partial charge in [0, 0.05) is 24.3 Å². The second-order valence-corrected chi connectivity index (χ2v) is 6.43. The van der Waals surface area contributed by atoms with Crippen LogP contribution in [0.4, 0.5) is 5.69 Å². The number of rotatable bonds is 4. The fourth-order valence-corrected chi connectivity index (χ4v) is 3.36. The summed E-state index contributed by atoms with van der Waals surface area (Å²) in [5.74, 6) is 1.67. The van der Waals surface area contributed by atoms with Crippen LogP contribution in [-0.2, 0) is 13.1 Å². The monoisotopic (exact) mass is 350 g/mol. The number of likely N-dealkylation sites (N-methyl/N-ethyl adjacent to an activating group) is 1. The van der Waals surface area contributed by atoms with Crippen molar-refractivity contribution in [1.82, 2.24) is 14.5 Å². The maximum absolute atomic E-state index is 12.4. The van der Waals surface area contributed by atoms with Gasteiger partial charge in [0.1, 0.15) is 11.6 Å². The highest BCUT2D eigenvalue weighted by Crippen LogP contribution is 2.24. The Morgan fingerprint density at radius 2 is 2.00 bits per heavy atom. The van der Waals surface area contributed by atoms with Crippen molar-refractivity contribution < 1.29 is 9.53 Å². The predicted molar refractivity (Wildman–Crippen MR) is 102 cm³/mol. The third-order valence-electron chi connectivity index (χ3n) is 4.89. The molecule has 0 bridgehead atoms. The molecule has 6 heteroatoms. The second kappa shape index (κ2) is 6.80. The molecule has 2 heterocycles. The molecule has 134 valence electrons. The normalized spacial score (nSPS) is 14.2. The van der Waals surface area contributed by atoms with E-state index in [-0.39, 0.29) is 5.91 Å². The average Bonchev–Trinajstić information content (AvgIpc) is 3.04. The van der Waals surface area contributed by atoms with Gasteiger partial charge < -0.3 is 14.6 Å². The van der Waals surface area contributed by atoms with E-state index in [4.69, 9.17) is 9.72 Å². The first-order chi connectivity index (χ1) is 12.7. The van der Waals surface area contributed by atoms with E-state index in [9.17, 15) is 4.79 Å². The largest absolute Gasteiger partial charge is 0.497 e. The molecule has 0 saturated heterocycles. The smallest absolute Gasteiger partial charge is 0.255 e. The molecule has 0 unspecified atom stereocenters. The standard InChI is InChI=1S/C20H22N4O2/c1-3-23-10-11-24-18-9-6-15(12-17(18)22-19(24)13-23)21-20(25)14-4-7-16(26-2)8-5-14/h4-9,12H,3,10-11,13H2,1-2H3,(H,21,25). The zero-order chi connectivity index (χ0) is 18.1. The topological polar surface area (TPSA) is 59.4 Å². The quantitative estimate of drug-likeness (QED) is 0.785. The van der Waals surface area contributed by atoms with Crippen LogP contribution in [0, 0.1) is 0 Å². The molecule has 0 fully saturated rings. The summed E-state index contributed by atoms with van der Waals surface area (Å²) >= 11 is 0. The fourth-order valence-electron chi connectivity index (χ4n) is 3.36. The number of ether oxygens (including phenoxy) is 1. The van der Waals surface area contributed by atoms with Gasteiger partial charge in [-0.05, 0) is 49.0 Å². The number of methoxy groups -OCH3 is 1. The highest BCUT2D eigenvalue weighted by Gasteiger charge is 2.19. The summed E-state index contributed by atoms with van der Waals surface area (Å²) in [5.41, 5.74) is 3.39. The van der Waals surface area contributed by atoms with Crippen molar-refractivity contribution in [2.24, 2.45) is 0 Å². The van der Waals surface area contributed by atoms with Crippen molar-refractivity contribution >= 4 is 22.6 Å². The molecule has 2 aromatic carbocycles. The van der Waals surface area contributed by atoms with Gasteiger partial charge >= 0.3 is 0 Å². The molecule has 1 aromatic heterocycles. The number of imidazole rings is 1. The van der Waals surface area contributed by atoms with Gasteiger partial charge in [0.15, 0.2) is 0 Å². The molecule has 0 spiro atoms. The Morgan fingerprint density at radius 1 is 1.19 bits per heavy atom. The number of benzene rings is 2. The minimum atomic E-state index is -0.145. The van der Waals surface area contributed by atoms with E-state index in [1.807, 2.05) is 18.2 Å². The summed E-state index contributed by atoms with van der Waals surface area (Å²) in [6.45, 7) is 6.08. The minimum Gasteiger partial charge on any atom is -0.497 e. The van der Waals surface area contributed by atoms with Gasteiger partial charge in [-0.15, -0.1) is 0 Å². The molecule has 1 amide bonds. The number of carbonyl (C=O) groups is 1. The summed E-state index contributed by atoms with van der Waals surface area (Å²) in [5, 5.41) is 2.95. The molecule has 0 saturated carbocycles. The van der Waals surface area contributed by atoms with Crippen molar-refractivity contribution in [1.29, 1.82) is 0 Å². The van der Waals surface area contributed by atoms with Crippen molar-refractivity contribution in [3.05, 3.63) is 53.9 Å². The zero-order valence-electron chi connectivity index (χ0n) is 15.0. The van der Waals surface area contributed by atoms with Crippen molar-refractivity contribution in [2.45, 2.75) is 20.0 Å². The van der Waals surface area contributed by atoms with E-state index in [2.05, 4.69) is 21.7 Å². The van der Waals surface area contributed by atoms with Crippen LogP contribution in [-0.4, -0.2) is 40.6 Å². The molecule has 4 rings (SSSR count). The SMILES string of the molecule is CCN1CCn2c(nc3cc(NC(=O)c4ccc(OC)cc4)ccc32)C1. The average molecular weight is 350 g/mol. The molecule has 1 aliphatic heterocycles. The number of anilines is 1. The van der Waals surface area contributed by atoms with Crippen molar-refractivity contribution in [3.8, 4) is 5.75 Å². The van der Waals surface area contributed by atoms with Gasteiger partial charge in [-0.2, -0.15) is 0 Å². The van der Waals surface area contributed by atoms with Crippen LogP contribution in [0.15, 0.2) is 42.5 Å². The van der Waals surface area contributed by atoms with Gasteiger partial charge in [-0.25, -0.2) is 4.98 Å². The molecular formula is C20H22N4O2. The number of hydrogen-bond acceptors (Lipinski definition) is 4. The number of carbonyl (C=O) groups excluding carboxylic acids is 1. The Kier molecular flexibility index (Phi) is 4.34. The number of amides is 1. The molecule has 1 N–H and O–H groups in total. The maximum Gasteiger partial charge on any atom is 0.255 e. The van der Waals surface area contributed by atoms with Crippen LogP contribution in [0.5, 0.6) is 5.75 Å². The summed E-state index contributed by atoms with van der Waals surface area (Å²) in [4.78, 5) is 19.6. The summed E-state index contributed by atoms with van der Waals surface area (Å²) < 4.78 is 7.40. The van der Waals surface area contributed by atoms with Crippen molar-refractivity contribution in [2.75, 3.05) is 25.5 Å². The number of hydrogen-bond donors (Lipinski definition) is 1. The zero-order valence-corrected chi connectivity index (χ0v) is 15.0. The van der Waals surface area contributed by atoms with E-state index in [1.165, 1.54) is 0 Å². The van der Waals surface area contributed by atoms with Crippen LogP contribution in [0.3, 0.4) is 0 Å². The molecule has 1 aliphatic rings. The molecule has 0 radical (unpaired) electrons. The Balaban J connectivity index is 1.56. The van der Waals surface area contributed by atoms with Crippen LogP contribution in [0.1, 0.15) is 23.1 Å². The third-order valence-corrected chi connectivity index (χ3v) is 4.89. The Morgan fingerprint density at radius 3 is 2.73 bits per heavy atom. The number of nitrogens with one attached hydrogen (secondary N) is 1. The van der Waals surface area contributed by atoms with Crippen LogP contribution in [0.25, 0.3) is 11.0 Å². The number of nitrogens with zero attached hydrogens (tertiary/aromatic N) is 3. The lowest BCUT2D eigenvalue weighted by molar-refractivity contribution is 0.102. The Labute approximate surface area is 152 Å². The molecular weight excluding hydrogens is 328 g/mol. The van der Waals surface area contributed by atoms with E-state index >= 15 is 0 Å². The van der Waals surface area contributed by atoms with Gasteiger partial charge in [-0.1, -0.05) is 6.92 Å². The van der Waals surface area contributed by atoms with Crippen LogP contribution >= 0.6 is 0 Å². The first kappa shape index (κ1) is 16.6. The molecule has 0 atom stereocenters. The van der Waals surface area contributed by atoms with Crippen LogP contribution < -0.4 is 10.1 Å². The fraction of sp³-hybridized carbons (Fsp3) is 0.300. The molecule has 6 nitrogen and oxygen atoms in total. The lowest BCUT2D eigenvalue weighted by atomic mass is 10.2.